The van der Waals surface area contributed by atoms with E-state index in [2.05, 4.69) is 0 Å². The molecule has 4 heteroatoms. The Bertz CT molecular complexity index is 814. The van der Waals surface area contributed by atoms with Crippen LogP contribution >= 0.6 is 0 Å². The van der Waals surface area contributed by atoms with Crippen LogP contribution in [-0.4, -0.2) is 23.3 Å². The van der Waals surface area contributed by atoms with E-state index in [0.29, 0.717) is 23.3 Å². The number of ether oxygens (including phenoxy) is 1. The third-order valence-corrected chi connectivity index (χ3v) is 3.80. The van der Waals surface area contributed by atoms with Crippen LogP contribution in [0.1, 0.15) is 40.9 Å². The number of aromatic hydroxyl groups is 1. The predicted molar refractivity (Wildman–Crippen MR) is 100 cm³/mol. The number of phenols is 1. The van der Waals surface area contributed by atoms with E-state index in [9.17, 15) is 15.0 Å². The highest BCUT2D eigenvalue weighted by atomic mass is 16.5. The number of allylic oxidation sites excluding steroid dienone is 2. The molecule has 0 aliphatic rings. The molecular weight excluding hydrogens is 316 g/mol. The summed E-state index contributed by atoms with van der Waals surface area (Å²) in [7, 11) is 1.51. The van der Waals surface area contributed by atoms with E-state index >= 15 is 0 Å². The standard InChI is InChI=1S/C21H22O4/c1-14(2)9-12-17-18(25-3)13-16(19(20(17)22)21(23)24)11-10-15-7-5-4-6-8-15/h4-11,13,22H,12H2,1-3H3,(H,23,24)/b11-10+. The Hall–Kier alpha value is -3.01. The second kappa shape index (κ2) is 8.20. The summed E-state index contributed by atoms with van der Waals surface area (Å²) in [5.74, 6) is -0.962. The molecule has 2 aromatic carbocycles. The maximum atomic E-state index is 11.7. The van der Waals surface area contributed by atoms with E-state index in [1.807, 2.05) is 50.3 Å². The second-order valence-corrected chi connectivity index (χ2v) is 5.90. The first-order chi connectivity index (χ1) is 11.9. The van der Waals surface area contributed by atoms with Crippen molar-refractivity contribution in [2.45, 2.75) is 20.3 Å². The Morgan fingerprint density at radius 2 is 1.84 bits per heavy atom. The van der Waals surface area contributed by atoms with Crippen LogP contribution in [-0.2, 0) is 6.42 Å². The van der Waals surface area contributed by atoms with Crippen LogP contribution in [0.15, 0.2) is 48.0 Å². The summed E-state index contributed by atoms with van der Waals surface area (Å²) < 4.78 is 5.37. The molecule has 0 spiro atoms. The molecule has 2 N–H and O–H groups in total. The normalized spacial score (nSPS) is 10.7. The van der Waals surface area contributed by atoms with E-state index < -0.39 is 5.97 Å². The summed E-state index contributed by atoms with van der Waals surface area (Å²) in [6, 6.07) is 11.2. The van der Waals surface area contributed by atoms with Crippen molar-refractivity contribution in [1.82, 2.24) is 0 Å². The Labute approximate surface area is 147 Å². The predicted octanol–water partition coefficient (Wildman–Crippen LogP) is 4.78. The minimum absolute atomic E-state index is 0.120. The smallest absolute Gasteiger partial charge is 0.340 e. The van der Waals surface area contributed by atoms with Crippen molar-refractivity contribution in [2.24, 2.45) is 0 Å². The van der Waals surface area contributed by atoms with Gasteiger partial charge >= 0.3 is 5.97 Å². The number of methoxy groups -OCH3 is 1. The number of carboxylic acids is 1. The number of hydrogen-bond acceptors (Lipinski definition) is 3. The lowest BCUT2D eigenvalue weighted by molar-refractivity contribution is 0.0693. The van der Waals surface area contributed by atoms with Crippen molar-refractivity contribution in [3.8, 4) is 11.5 Å². The summed E-state index contributed by atoms with van der Waals surface area (Å²) in [4.78, 5) is 11.7. The van der Waals surface area contributed by atoms with Crippen molar-refractivity contribution in [3.05, 3.63) is 70.3 Å². The quantitative estimate of drug-likeness (QED) is 0.588. The summed E-state index contributed by atoms with van der Waals surface area (Å²) in [6.45, 7) is 3.89. The van der Waals surface area contributed by atoms with Gasteiger partial charge in [-0.25, -0.2) is 4.79 Å². The maximum absolute atomic E-state index is 11.7. The Morgan fingerprint density at radius 3 is 2.40 bits per heavy atom. The van der Waals surface area contributed by atoms with E-state index in [4.69, 9.17) is 4.74 Å². The lowest BCUT2D eigenvalue weighted by atomic mass is 9.97. The Balaban J connectivity index is 2.56. The molecule has 0 aromatic heterocycles. The molecule has 0 atom stereocenters. The van der Waals surface area contributed by atoms with Crippen molar-refractivity contribution < 1.29 is 19.7 Å². The van der Waals surface area contributed by atoms with Crippen LogP contribution in [0.5, 0.6) is 11.5 Å². The molecule has 0 bridgehead atoms. The first-order valence-electron chi connectivity index (χ1n) is 7.96. The molecule has 0 unspecified atom stereocenters. The highest BCUT2D eigenvalue weighted by Gasteiger charge is 2.21. The number of rotatable bonds is 6. The van der Waals surface area contributed by atoms with Gasteiger partial charge in [0.25, 0.3) is 0 Å². The van der Waals surface area contributed by atoms with Crippen LogP contribution in [0, 0.1) is 0 Å². The van der Waals surface area contributed by atoms with Gasteiger partial charge in [-0.1, -0.05) is 54.1 Å². The van der Waals surface area contributed by atoms with Gasteiger partial charge in [0.1, 0.15) is 17.1 Å². The average molecular weight is 338 g/mol. The minimum atomic E-state index is -1.17. The molecule has 2 aromatic rings. The molecule has 25 heavy (non-hydrogen) atoms. The van der Waals surface area contributed by atoms with Gasteiger partial charge in [-0.2, -0.15) is 0 Å². The summed E-state index contributed by atoms with van der Waals surface area (Å²) >= 11 is 0. The lowest BCUT2D eigenvalue weighted by Gasteiger charge is -2.14. The van der Waals surface area contributed by atoms with Gasteiger partial charge in [-0.05, 0) is 37.5 Å². The third kappa shape index (κ3) is 4.51. The lowest BCUT2D eigenvalue weighted by Crippen LogP contribution is -2.04. The van der Waals surface area contributed by atoms with E-state index in [1.54, 1.807) is 18.2 Å². The van der Waals surface area contributed by atoms with Gasteiger partial charge in [-0.15, -0.1) is 0 Å². The van der Waals surface area contributed by atoms with Gasteiger partial charge in [-0.3, -0.25) is 0 Å². The van der Waals surface area contributed by atoms with Gasteiger partial charge < -0.3 is 14.9 Å². The summed E-state index contributed by atoms with van der Waals surface area (Å²) in [5, 5.41) is 20.1. The molecule has 0 fully saturated rings. The average Bonchev–Trinajstić information content (AvgIpc) is 2.58. The zero-order valence-electron chi connectivity index (χ0n) is 14.6. The molecule has 0 saturated carbocycles. The zero-order chi connectivity index (χ0) is 18.4. The Morgan fingerprint density at radius 1 is 1.16 bits per heavy atom. The monoisotopic (exact) mass is 338 g/mol. The number of aromatic carboxylic acids is 1. The molecule has 4 nitrogen and oxygen atoms in total. The van der Waals surface area contributed by atoms with Crippen LogP contribution in [0.3, 0.4) is 0 Å². The number of benzene rings is 2. The van der Waals surface area contributed by atoms with Crippen molar-refractivity contribution in [2.75, 3.05) is 7.11 Å². The first-order valence-corrected chi connectivity index (χ1v) is 7.96. The fourth-order valence-corrected chi connectivity index (χ4v) is 2.50. The van der Waals surface area contributed by atoms with Crippen LogP contribution < -0.4 is 4.74 Å². The van der Waals surface area contributed by atoms with Crippen molar-refractivity contribution in [1.29, 1.82) is 0 Å². The van der Waals surface area contributed by atoms with Crippen LogP contribution in [0.25, 0.3) is 12.2 Å². The van der Waals surface area contributed by atoms with Crippen molar-refractivity contribution in [3.63, 3.8) is 0 Å². The van der Waals surface area contributed by atoms with E-state index in [1.165, 1.54) is 7.11 Å². The molecule has 0 radical (unpaired) electrons. The highest BCUT2D eigenvalue weighted by Crippen LogP contribution is 2.36. The van der Waals surface area contributed by atoms with Crippen molar-refractivity contribution >= 4 is 18.1 Å². The topological polar surface area (TPSA) is 66.8 Å². The first kappa shape index (κ1) is 18.3. The minimum Gasteiger partial charge on any atom is -0.507 e. The Kier molecular flexibility index (Phi) is 6.01. The maximum Gasteiger partial charge on any atom is 0.340 e. The number of hydrogen-bond donors (Lipinski definition) is 2. The molecule has 2 rings (SSSR count). The zero-order valence-corrected chi connectivity index (χ0v) is 14.6. The summed E-state index contributed by atoms with van der Waals surface area (Å²) in [5.41, 5.74) is 2.76. The van der Waals surface area contributed by atoms with Gasteiger partial charge in [0.05, 0.1) is 7.11 Å². The molecule has 0 saturated heterocycles. The highest BCUT2D eigenvalue weighted by molar-refractivity contribution is 5.97. The molecule has 0 amide bonds. The molecule has 0 aliphatic carbocycles. The fourth-order valence-electron chi connectivity index (χ4n) is 2.50. The third-order valence-electron chi connectivity index (χ3n) is 3.80. The SMILES string of the molecule is COc1cc(/C=C/c2ccccc2)c(C(=O)O)c(O)c1CC=C(C)C. The van der Waals surface area contributed by atoms with Crippen LogP contribution in [0.2, 0.25) is 0 Å². The molecule has 0 heterocycles. The molecule has 0 aliphatic heterocycles. The number of carboxylic acid groups (broad SMARTS) is 1. The largest absolute Gasteiger partial charge is 0.507 e. The van der Waals surface area contributed by atoms with Gasteiger partial charge in [0.15, 0.2) is 0 Å². The van der Waals surface area contributed by atoms with Crippen LogP contribution in [0.4, 0.5) is 0 Å². The second-order valence-electron chi connectivity index (χ2n) is 5.90. The number of carbonyl (C=O) groups is 1. The van der Waals surface area contributed by atoms with Gasteiger partial charge in [0, 0.05) is 5.56 Å². The summed E-state index contributed by atoms with van der Waals surface area (Å²) in [6.07, 6.45) is 5.80. The van der Waals surface area contributed by atoms with E-state index in [-0.39, 0.29) is 11.3 Å². The molecular formula is C21H22O4. The van der Waals surface area contributed by atoms with Gasteiger partial charge in [0.2, 0.25) is 0 Å². The van der Waals surface area contributed by atoms with E-state index in [0.717, 1.165) is 11.1 Å². The fraction of sp³-hybridized carbons (Fsp3) is 0.190. The molecule has 130 valence electrons.